The number of rotatable bonds is 8. The maximum atomic E-state index is 12.7. The van der Waals surface area contributed by atoms with Crippen LogP contribution in [0.2, 0.25) is 0 Å². The van der Waals surface area contributed by atoms with Gasteiger partial charge < -0.3 is 10.6 Å². The normalized spacial score (nSPS) is 15.7. The highest BCUT2D eigenvalue weighted by atomic mass is 19.3. The van der Waals surface area contributed by atoms with Crippen LogP contribution in [0.15, 0.2) is 39.9 Å². The third-order valence-corrected chi connectivity index (χ3v) is 4.42. The number of carbonyl (C=O) groups excluding carboxylic acids is 1. The Hall–Kier alpha value is -2.64. The molecular formula is C19H25F2N5O. The minimum Gasteiger partial charge on any atom is -0.365 e. The molecule has 1 aromatic heterocycles. The van der Waals surface area contributed by atoms with E-state index in [-0.39, 0.29) is 29.4 Å². The van der Waals surface area contributed by atoms with Crippen LogP contribution in [0.25, 0.3) is 0 Å². The average molecular weight is 377 g/mol. The fourth-order valence-corrected chi connectivity index (χ4v) is 2.56. The molecule has 8 heteroatoms. The summed E-state index contributed by atoms with van der Waals surface area (Å²) >= 11 is 0. The van der Waals surface area contributed by atoms with Crippen LogP contribution >= 0.6 is 0 Å². The number of hydrogen-bond donors (Lipinski definition) is 2. The second-order valence-corrected chi connectivity index (χ2v) is 7.11. The smallest absolute Gasteiger partial charge is 0.266 e. The monoisotopic (exact) mass is 377 g/mol. The van der Waals surface area contributed by atoms with Crippen molar-refractivity contribution in [1.82, 2.24) is 20.6 Å². The van der Waals surface area contributed by atoms with Crippen molar-refractivity contribution in [1.29, 1.82) is 0 Å². The van der Waals surface area contributed by atoms with Crippen molar-refractivity contribution in [3.05, 3.63) is 46.3 Å². The first-order valence-corrected chi connectivity index (χ1v) is 8.67. The minimum absolute atomic E-state index is 0.00129. The Morgan fingerprint density at radius 1 is 1.30 bits per heavy atom. The number of amides is 1. The number of carbonyl (C=O) groups is 1. The van der Waals surface area contributed by atoms with Crippen molar-refractivity contribution in [2.75, 3.05) is 0 Å². The second kappa shape index (κ2) is 8.37. The zero-order valence-corrected chi connectivity index (χ0v) is 16.1. The summed E-state index contributed by atoms with van der Waals surface area (Å²) < 4.78 is 25.1. The lowest BCUT2D eigenvalue weighted by Crippen LogP contribution is -2.30. The van der Waals surface area contributed by atoms with Crippen molar-refractivity contribution in [2.24, 2.45) is 4.99 Å². The number of hydrogen-bond acceptors (Lipinski definition) is 5. The van der Waals surface area contributed by atoms with Crippen molar-refractivity contribution >= 4 is 12.6 Å². The molecule has 1 amide bonds. The largest absolute Gasteiger partial charge is 0.365 e. The van der Waals surface area contributed by atoms with Crippen LogP contribution in [0.5, 0.6) is 0 Å². The first-order chi connectivity index (χ1) is 12.7. The van der Waals surface area contributed by atoms with E-state index in [4.69, 9.17) is 0 Å². The van der Waals surface area contributed by atoms with Gasteiger partial charge in [-0.1, -0.05) is 5.57 Å². The van der Waals surface area contributed by atoms with E-state index in [1.807, 2.05) is 20.8 Å². The van der Waals surface area contributed by atoms with Gasteiger partial charge in [-0.3, -0.25) is 4.79 Å². The summed E-state index contributed by atoms with van der Waals surface area (Å²) in [5.41, 5.74) is 1.77. The van der Waals surface area contributed by atoms with Crippen molar-refractivity contribution in [3.63, 3.8) is 0 Å². The molecule has 27 heavy (non-hydrogen) atoms. The molecule has 6 nitrogen and oxygen atoms in total. The number of aromatic nitrogens is 2. The summed E-state index contributed by atoms with van der Waals surface area (Å²) in [5.74, 6) is 0.532. The lowest BCUT2D eigenvalue weighted by atomic mass is 10.0. The average Bonchev–Trinajstić information content (AvgIpc) is 3.35. The first-order valence-electron chi connectivity index (χ1n) is 8.67. The predicted molar refractivity (Wildman–Crippen MR) is 100 cm³/mol. The molecule has 0 aliphatic heterocycles. The van der Waals surface area contributed by atoms with E-state index in [9.17, 15) is 13.6 Å². The van der Waals surface area contributed by atoms with Crippen molar-refractivity contribution in [2.45, 2.75) is 59.0 Å². The van der Waals surface area contributed by atoms with Gasteiger partial charge in [-0.2, -0.15) is 0 Å². The Morgan fingerprint density at radius 3 is 2.33 bits per heavy atom. The maximum absolute atomic E-state index is 12.7. The van der Waals surface area contributed by atoms with Gasteiger partial charge in [0, 0.05) is 29.1 Å². The highest BCUT2D eigenvalue weighted by molar-refractivity contribution is 5.98. The quantitative estimate of drug-likeness (QED) is 0.413. The Morgan fingerprint density at radius 2 is 1.89 bits per heavy atom. The highest BCUT2D eigenvalue weighted by Crippen LogP contribution is 2.36. The predicted octanol–water partition coefficient (Wildman–Crippen LogP) is 3.44. The third kappa shape index (κ3) is 5.42. The molecule has 1 aromatic rings. The number of nitrogens with one attached hydrogen (secondary N) is 2. The topological polar surface area (TPSA) is 79.3 Å². The van der Waals surface area contributed by atoms with E-state index in [0.717, 1.165) is 30.8 Å². The Balaban J connectivity index is 2.12. The third-order valence-electron chi connectivity index (χ3n) is 4.42. The molecule has 1 aliphatic rings. The summed E-state index contributed by atoms with van der Waals surface area (Å²) in [5, 5.41) is 6.07. The maximum Gasteiger partial charge on any atom is 0.266 e. The molecule has 1 fully saturated rings. The van der Waals surface area contributed by atoms with Crippen LogP contribution in [0.1, 0.15) is 58.3 Å². The van der Waals surface area contributed by atoms with Gasteiger partial charge in [0.25, 0.3) is 12.3 Å². The van der Waals surface area contributed by atoms with E-state index in [1.54, 1.807) is 0 Å². The summed E-state index contributed by atoms with van der Waals surface area (Å²) in [6, 6.07) is 0. The van der Waals surface area contributed by atoms with Gasteiger partial charge in [0.05, 0.1) is 12.1 Å². The van der Waals surface area contributed by atoms with Gasteiger partial charge in [0.2, 0.25) is 0 Å². The lowest BCUT2D eigenvalue weighted by molar-refractivity contribution is -0.117. The lowest BCUT2D eigenvalue weighted by Gasteiger charge is -2.18. The van der Waals surface area contributed by atoms with Gasteiger partial charge in [0.15, 0.2) is 0 Å². The molecule has 0 aromatic carbocycles. The molecule has 2 rings (SSSR count). The number of aliphatic imine (C=N–C) groups is 1. The molecule has 0 atom stereocenters. The van der Waals surface area contributed by atoms with E-state index >= 15 is 0 Å². The second-order valence-electron chi connectivity index (χ2n) is 7.11. The van der Waals surface area contributed by atoms with Crippen LogP contribution in [0.3, 0.4) is 0 Å². The molecule has 146 valence electrons. The Labute approximate surface area is 157 Å². The SMILES string of the molecule is C=N/C(NC1(C)CC1)=C(\C)C(C(=O)NCc1ncc(C(F)F)cn1)=C(C)C. The molecule has 2 N–H and O–H groups in total. The highest BCUT2D eigenvalue weighted by Gasteiger charge is 2.38. The van der Waals surface area contributed by atoms with Gasteiger partial charge in [0.1, 0.15) is 11.6 Å². The van der Waals surface area contributed by atoms with E-state index in [2.05, 4.69) is 39.2 Å². The molecule has 0 saturated heterocycles. The first kappa shape index (κ1) is 20.7. The zero-order chi connectivity index (χ0) is 20.2. The molecule has 0 bridgehead atoms. The molecule has 0 unspecified atom stereocenters. The minimum atomic E-state index is -2.62. The zero-order valence-electron chi connectivity index (χ0n) is 16.1. The van der Waals surface area contributed by atoms with Crippen LogP contribution in [0.4, 0.5) is 8.78 Å². The van der Waals surface area contributed by atoms with Gasteiger partial charge in [-0.05, 0) is 47.3 Å². The van der Waals surface area contributed by atoms with Crippen LogP contribution < -0.4 is 10.6 Å². The molecular weight excluding hydrogens is 352 g/mol. The fourth-order valence-electron chi connectivity index (χ4n) is 2.56. The summed E-state index contributed by atoms with van der Waals surface area (Å²) in [6.07, 6.45) is 1.59. The Bertz CT molecular complexity index is 776. The van der Waals surface area contributed by atoms with Crippen molar-refractivity contribution < 1.29 is 13.6 Å². The molecule has 1 saturated carbocycles. The van der Waals surface area contributed by atoms with Gasteiger partial charge in [-0.15, -0.1) is 0 Å². The van der Waals surface area contributed by atoms with Crippen LogP contribution in [0, 0.1) is 0 Å². The fraction of sp³-hybridized carbons (Fsp3) is 0.474. The van der Waals surface area contributed by atoms with Crippen LogP contribution in [-0.4, -0.2) is 28.1 Å². The van der Waals surface area contributed by atoms with E-state index < -0.39 is 6.43 Å². The number of halogens is 2. The van der Waals surface area contributed by atoms with Crippen LogP contribution in [-0.2, 0) is 11.3 Å². The van der Waals surface area contributed by atoms with E-state index in [1.165, 1.54) is 0 Å². The summed E-state index contributed by atoms with van der Waals surface area (Å²) in [7, 11) is 0. The molecule has 1 heterocycles. The number of allylic oxidation sites excluding steroid dienone is 1. The summed E-state index contributed by atoms with van der Waals surface area (Å²) in [4.78, 5) is 24.5. The number of nitrogens with zero attached hydrogens (tertiary/aromatic N) is 3. The molecule has 0 spiro atoms. The number of alkyl halides is 2. The van der Waals surface area contributed by atoms with Crippen molar-refractivity contribution in [3.8, 4) is 0 Å². The van der Waals surface area contributed by atoms with Gasteiger partial charge in [-0.25, -0.2) is 23.7 Å². The molecule has 0 radical (unpaired) electrons. The van der Waals surface area contributed by atoms with E-state index in [0.29, 0.717) is 17.0 Å². The molecule has 1 aliphatic carbocycles. The standard InChI is InChI=1S/C19H25F2N5O/c1-11(2)15(12(3)17(22-5)26-19(4)6-7-19)18(27)25-10-14-23-8-13(9-24-14)16(20)21/h8-9,16,26H,5-7,10H2,1-4H3,(H,25,27)/b17-12-. The summed E-state index contributed by atoms with van der Waals surface area (Å²) in [6.45, 7) is 11.2. The Kier molecular flexibility index (Phi) is 6.41. The van der Waals surface area contributed by atoms with Gasteiger partial charge >= 0.3 is 0 Å².